The predicted octanol–water partition coefficient (Wildman–Crippen LogP) is 2.79. The van der Waals surface area contributed by atoms with Gasteiger partial charge in [-0.1, -0.05) is 54.6 Å². The first-order chi connectivity index (χ1) is 13.2. The number of benzene rings is 3. The van der Waals surface area contributed by atoms with Crippen molar-refractivity contribution in [2.45, 2.75) is 6.42 Å². The minimum absolute atomic E-state index is 0.139. The van der Waals surface area contributed by atoms with E-state index in [1.165, 1.54) is 6.20 Å². The van der Waals surface area contributed by atoms with E-state index in [4.69, 9.17) is 0 Å². The summed E-state index contributed by atoms with van der Waals surface area (Å²) in [6.45, 7) is 0. The van der Waals surface area contributed by atoms with Crippen molar-refractivity contribution >= 4 is 33.6 Å². The number of hydrogen-bond donors (Lipinski definition) is 2. The van der Waals surface area contributed by atoms with Gasteiger partial charge in [0.15, 0.2) is 0 Å². The third-order valence-electron chi connectivity index (χ3n) is 4.18. The van der Waals surface area contributed by atoms with Crippen LogP contribution in [0.2, 0.25) is 0 Å². The van der Waals surface area contributed by atoms with Crippen molar-refractivity contribution in [2.24, 2.45) is 0 Å². The van der Waals surface area contributed by atoms with Crippen LogP contribution in [0.3, 0.4) is 0 Å². The molecule has 27 heavy (non-hydrogen) atoms. The van der Waals surface area contributed by atoms with Crippen molar-refractivity contribution in [3.8, 4) is 0 Å². The highest BCUT2D eigenvalue weighted by Crippen LogP contribution is 2.15. The normalized spacial score (nSPS) is 10.7. The molecule has 0 spiro atoms. The maximum atomic E-state index is 12.2. The van der Waals surface area contributed by atoms with Gasteiger partial charge in [-0.3, -0.25) is 25.4 Å². The highest BCUT2D eigenvalue weighted by molar-refractivity contribution is 5.95. The Morgan fingerprint density at radius 3 is 2.41 bits per heavy atom. The van der Waals surface area contributed by atoms with Gasteiger partial charge in [-0.05, 0) is 28.5 Å². The van der Waals surface area contributed by atoms with Crippen molar-refractivity contribution < 1.29 is 9.59 Å². The molecule has 1 heterocycles. The van der Waals surface area contributed by atoms with Crippen molar-refractivity contribution in [3.63, 3.8) is 0 Å². The van der Waals surface area contributed by atoms with E-state index in [0.717, 1.165) is 16.3 Å². The number of amides is 2. The van der Waals surface area contributed by atoms with Crippen LogP contribution in [0, 0.1) is 0 Å². The molecule has 0 saturated heterocycles. The molecule has 2 N–H and O–H groups in total. The average Bonchev–Trinajstić information content (AvgIpc) is 2.71. The molecule has 0 aliphatic heterocycles. The molecule has 2 amide bonds. The number of rotatable bonds is 3. The second-order valence-electron chi connectivity index (χ2n) is 6.10. The summed E-state index contributed by atoms with van der Waals surface area (Å²) in [6.07, 6.45) is 1.54. The molecule has 0 saturated carbocycles. The predicted molar refractivity (Wildman–Crippen MR) is 103 cm³/mol. The first-order valence-electron chi connectivity index (χ1n) is 8.48. The summed E-state index contributed by atoms with van der Waals surface area (Å²) >= 11 is 0. The number of carbonyl (C=O) groups excluding carboxylic acids is 2. The molecule has 4 rings (SSSR count). The van der Waals surface area contributed by atoms with Crippen molar-refractivity contribution in [3.05, 3.63) is 84.2 Å². The fraction of sp³-hybridized carbons (Fsp3) is 0.0476. The fourth-order valence-corrected chi connectivity index (χ4v) is 2.84. The molecule has 0 aliphatic carbocycles. The number of aromatic nitrogens is 2. The molecule has 6 nitrogen and oxygen atoms in total. The zero-order valence-corrected chi connectivity index (χ0v) is 14.3. The van der Waals surface area contributed by atoms with Gasteiger partial charge in [-0.25, -0.2) is 4.98 Å². The number of nitrogens with one attached hydrogen (secondary N) is 2. The summed E-state index contributed by atoms with van der Waals surface area (Å²) in [5.74, 6) is -0.826. The molecule has 0 fully saturated rings. The zero-order chi connectivity index (χ0) is 18.6. The maximum Gasteiger partial charge on any atom is 0.289 e. The minimum atomic E-state index is -0.514. The van der Waals surface area contributed by atoms with Crippen LogP contribution in [0.15, 0.2) is 72.9 Å². The summed E-state index contributed by atoms with van der Waals surface area (Å²) in [6, 6.07) is 21.0. The van der Waals surface area contributed by atoms with Gasteiger partial charge in [0.1, 0.15) is 5.69 Å². The van der Waals surface area contributed by atoms with Crippen molar-refractivity contribution in [1.82, 2.24) is 20.8 Å². The second kappa shape index (κ2) is 7.21. The molecule has 132 valence electrons. The number of nitrogens with zero attached hydrogens (tertiary/aromatic N) is 2. The summed E-state index contributed by atoms with van der Waals surface area (Å²) in [7, 11) is 0. The molecule has 0 bridgehead atoms. The lowest BCUT2D eigenvalue weighted by molar-refractivity contribution is -0.121. The van der Waals surface area contributed by atoms with E-state index in [0.29, 0.717) is 11.0 Å². The van der Waals surface area contributed by atoms with Gasteiger partial charge in [0.25, 0.3) is 5.91 Å². The lowest BCUT2D eigenvalue weighted by Crippen LogP contribution is -2.42. The van der Waals surface area contributed by atoms with E-state index in [9.17, 15) is 9.59 Å². The Morgan fingerprint density at radius 1 is 0.815 bits per heavy atom. The lowest BCUT2D eigenvalue weighted by Gasteiger charge is -2.08. The summed E-state index contributed by atoms with van der Waals surface area (Å²) in [5.41, 5.74) is 7.13. The molecule has 4 aromatic rings. The largest absolute Gasteiger partial charge is 0.289 e. The molecule has 3 aromatic carbocycles. The van der Waals surface area contributed by atoms with Crippen LogP contribution in [-0.4, -0.2) is 21.8 Å². The van der Waals surface area contributed by atoms with E-state index >= 15 is 0 Å². The minimum Gasteiger partial charge on any atom is -0.273 e. The Labute approximate surface area is 155 Å². The topological polar surface area (TPSA) is 84.0 Å². The molecule has 0 radical (unpaired) electrons. The zero-order valence-electron chi connectivity index (χ0n) is 14.3. The molecule has 0 atom stereocenters. The highest BCUT2D eigenvalue weighted by Gasteiger charge is 2.11. The molecule has 0 unspecified atom stereocenters. The first kappa shape index (κ1) is 16.7. The SMILES string of the molecule is O=C(Cc1ccc2ccccc2c1)NNC(=O)c1cnc2ccccc2n1. The van der Waals surface area contributed by atoms with Crippen LogP contribution < -0.4 is 10.9 Å². The van der Waals surface area contributed by atoms with Crippen LogP contribution >= 0.6 is 0 Å². The molecular weight excluding hydrogens is 340 g/mol. The highest BCUT2D eigenvalue weighted by atomic mass is 16.2. The van der Waals surface area contributed by atoms with Crippen LogP contribution in [0.25, 0.3) is 21.8 Å². The average molecular weight is 356 g/mol. The quantitative estimate of drug-likeness (QED) is 0.553. The molecule has 6 heteroatoms. The van der Waals surface area contributed by atoms with E-state index in [1.54, 1.807) is 6.07 Å². The Hall–Kier alpha value is -3.80. The molecule has 0 aliphatic rings. The van der Waals surface area contributed by atoms with Crippen molar-refractivity contribution in [1.29, 1.82) is 0 Å². The summed E-state index contributed by atoms with van der Waals surface area (Å²) in [5, 5.41) is 2.18. The van der Waals surface area contributed by atoms with Crippen LogP contribution in [0.4, 0.5) is 0 Å². The molecule has 1 aromatic heterocycles. The van der Waals surface area contributed by atoms with E-state index in [1.807, 2.05) is 60.7 Å². The van der Waals surface area contributed by atoms with Crippen molar-refractivity contribution in [2.75, 3.05) is 0 Å². The third-order valence-corrected chi connectivity index (χ3v) is 4.18. The van der Waals surface area contributed by atoms with E-state index in [2.05, 4.69) is 20.8 Å². The lowest BCUT2D eigenvalue weighted by atomic mass is 10.1. The summed E-state index contributed by atoms with van der Waals surface area (Å²) in [4.78, 5) is 32.8. The van der Waals surface area contributed by atoms with Gasteiger partial charge >= 0.3 is 0 Å². The van der Waals surface area contributed by atoms with Gasteiger partial charge < -0.3 is 0 Å². The Morgan fingerprint density at radius 2 is 1.56 bits per heavy atom. The van der Waals surface area contributed by atoms with Gasteiger partial charge in [0.2, 0.25) is 5.91 Å². The van der Waals surface area contributed by atoms with Crippen LogP contribution in [0.1, 0.15) is 16.1 Å². The molecular formula is C21H16N4O2. The maximum absolute atomic E-state index is 12.2. The van der Waals surface area contributed by atoms with Gasteiger partial charge in [0.05, 0.1) is 23.7 Å². The van der Waals surface area contributed by atoms with Crippen LogP contribution in [0.5, 0.6) is 0 Å². The van der Waals surface area contributed by atoms with E-state index in [-0.39, 0.29) is 18.0 Å². The number of hydrazine groups is 1. The Balaban J connectivity index is 1.39. The van der Waals surface area contributed by atoms with E-state index < -0.39 is 5.91 Å². The van der Waals surface area contributed by atoms with Gasteiger partial charge in [-0.2, -0.15) is 0 Å². The fourth-order valence-electron chi connectivity index (χ4n) is 2.84. The first-order valence-corrected chi connectivity index (χ1v) is 8.48. The monoisotopic (exact) mass is 356 g/mol. The number of hydrogen-bond acceptors (Lipinski definition) is 4. The number of para-hydroxylation sites is 2. The Kier molecular flexibility index (Phi) is 4.45. The second-order valence-corrected chi connectivity index (χ2v) is 6.10. The standard InChI is InChI=1S/C21H16N4O2/c26-20(12-14-9-10-15-5-1-2-6-16(15)11-14)24-25-21(27)19-13-22-17-7-3-4-8-18(17)23-19/h1-11,13H,12H2,(H,24,26)(H,25,27). The Bertz CT molecular complexity index is 1160. The third kappa shape index (κ3) is 3.74. The smallest absolute Gasteiger partial charge is 0.273 e. The number of fused-ring (bicyclic) bond motifs is 2. The number of carbonyl (C=O) groups is 2. The summed E-state index contributed by atoms with van der Waals surface area (Å²) < 4.78 is 0. The van der Waals surface area contributed by atoms with Gasteiger partial charge in [0, 0.05) is 0 Å². The van der Waals surface area contributed by atoms with Crippen LogP contribution in [-0.2, 0) is 11.2 Å². The van der Waals surface area contributed by atoms with Gasteiger partial charge in [-0.15, -0.1) is 0 Å².